The Balaban J connectivity index is 2.03. The highest BCUT2D eigenvalue weighted by Crippen LogP contribution is 2.13. The normalized spacial score (nSPS) is 10.2. The predicted molar refractivity (Wildman–Crippen MR) is 82.0 cm³/mol. The molecule has 0 radical (unpaired) electrons. The minimum absolute atomic E-state index is 0.0299. The number of hydrogen-bond donors (Lipinski definition) is 2. The van der Waals surface area contributed by atoms with Gasteiger partial charge in [0.1, 0.15) is 5.82 Å². The second-order valence-electron chi connectivity index (χ2n) is 4.84. The van der Waals surface area contributed by atoms with Gasteiger partial charge in [-0.2, -0.15) is 0 Å². The van der Waals surface area contributed by atoms with Gasteiger partial charge in [0.05, 0.1) is 18.3 Å². The summed E-state index contributed by atoms with van der Waals surface area (Å²) in [5, 5.41) is 5.80. The maximum absolute atomic E-state index is 12.0. The molecule has 0 aliphatic carbocycles. The Labute approximate surface area is 119 Å². The second-order valence-corrected chi connectivity index (χ2v) is 4.84. The van der Waals surface area contributed by atoms with Crippen molar-refractivity contribution < 1.29 is 4.79 Å². The number of anilines is 2. The molecular formula is C16H19N3O. The Hall–Kier alpha value is -2.36. The van der Waals surface area contributed by atoms with E-state index in [1.807, 2.05) is 32.0 Å². The van der Waals surface area contributed by atoms with Crippen molar-refractivity contribution >= 4 is 17.4 Å². The minimum atomic E-state index is -0.0299. The lowest BCUT2D eigenvalue weighted by atomic mass is 10.0. The molecule has 4 nitrogen and oxygen atoms in total. The van der Waals surface area contributed by atoms with Gasteiger partial charge < -0.3 is 10.6 Å². The van der Waals surface area contributed by atoms with Crippen molar-refractivity contribution in [1.29, 1.82) is 0 Å². The van der Waals surface area contributed by atoms with Gasteiger partial charge in [0.2, 0.25) is 5.91 Å². The predicted octanol–water partition coefficient (Wildman–Crippen LogP) is 2.92. The van der Waals surface area contributed by atoms with E-state index in [4.69, 9.17) is 0 Å². The fourth-order valence-electron chi connectivity index (χ4n) is 1.98. The summed E-state index contributed by atoms with van der Waals surface area (Å²) in [5.74, 6) is 0.746. The van der Waals surface area contributed by atoms with Gasteiger partial charge in [-0.15, -0.1) is 0 Å². The molecule has 0 aliphatic heterocycles. The number of pyridine rings is 1. The SMILES string of the molecule is CNc1ccc(NC(=O)Cc2cc(C)ccc2C)cn1. The van der Waals surface area contributed by atoms with Gasteiger partial charge in [-0.3, -0.25) is 4.79 Å². The van der Waals surface area contributed by atoms with Crippen LogP contribution >= 0.6 is 0 Å². The summed E-state index contributed by atoms with van der Waals surface area (Å²) in [6.07, 6.45) is 2.02. The van der Waals surface area contributed by atoms with Gasteiger partial charge in [0.15, 0.2) is 0 Å². The van der Waals surface area contributed by atoms with E-state index in [0.717, 1.165) is 16.9 Å². The largest absolute Gasteiger partial charge is 0.373 e. The molecule has 1 aromatic heterocycles. The van der Waals surface area contributed by atoms with Crippen molar-refractivity contribution in [3.8, 4) is 0 Å². The number of aryl methyl sites for hydroxylation is 2. The van der Waals surface area contributed by atoms with Crippen LogP contribution in [0.25, 0.3) is 0 Å². The Morgan fingerprint density at radius 1 is 1.20 bits per heavy atom. The first-order chi connectivity index (χ1) is 9.58. The van der Waals surface area contributed by atoms with Crippen LogP contribution in [-0.2, 0) is 11.2 Å². The van der Waals surface area contributed by atoms with E-state index in [9.17, 15) is 4.79 Å². The number of amides is 1. The summed E-state index contributed by atoms with van der Waals surface area (Å²) in [7, 11) is 1.81. The molecule has 0 fully saturated rings. The molecule has 0 bridgehead atoms. The van der Waals surface area contributed by atoms with Gasteiger partial charge in [0, 0.05) is 7.05 Å². The fourth-order valence-corrected chi connectivity index (χ4v) is 1.98. The van der Waals surface area contributed by atoms with E-state index in [2.05, 4.69) is 27.8 Å². The van der Waals surface area contributed by atoms with Gasteiger partial charge in [0.25, 0.3) is 0 Å². The minimum Gasteiger partial charge on any atom is -0.373 e. The van der Waals surface area contributed by atoms with Crippen LogP contribution in [0.3, 0.4) is 0 Å². The summed E-state index contributed by atoms with van der Waals surface area (Å²) >= 11 is 0. The smallest absolute Gasteiger partial charge is 0.228 e. The Morgan fingerprint density at radius 2 is 2.00 bits per heavy atom. The van der Waals surface area contributed by atoms with Crippen LogP contribution in [-0.4, -0.2) is 17.9 Å². The number of benzene rings is 1. The van der Waals surface area contributed by atoms with Crippen LogP contribution in [0.1, 0.15) is 16.7 Å². The average Bonchev–Trinajstić information content (AvgIpc) is 2.43. The Morgan fingerprint density at radius 3 is 2.65 bits per heavy atom. The van der Waals surface area contributed by atoms with E-state index in [0.29, 0.717) is 12.1 Å². The first kappa shape index (κ1) is 14.1. The van der Waals surface area contributed by atoms with Crippen molar-refractivity contribution in [2.45, 2.75) is 20.3 Å². The molecule has 1 aromatic carbocycles. The molecule has 2 rings (SSSR count). The monoisotopic (exact) mass is 269 g/mol. The van der Waals surface area contributed by atoms with Crippen LogP contribution in [0.5, 0.6) is 0 Å². The summed E-state index contributed by atoms with van der Waals surface area (Å²) < 4.78 is 0. The van der Waals surface area contributed by atoms with Gasteiger partial charge >= 0.3 is 0 Å². The Bertz CT molecular complexity index is 606. The molecular weight excluding hydrogens is 250 g/mol. The standard InChI is InChI=1S/C16H19N3O/c1-11-4-5-12(2)13(8-11)9-16(20)19-14-6-7-15(17-3)18-10-14/h4-8,10H,9H2,1-3H3,(H,17,18)(H,19,20). The first-order valence-electron chi connectivity index (χ1n) is 6.58. The molecule has 20 heavy (non-hydrogen) atoms. The van der Waals surface area contributed by atoms with Crippen LogP contribution < -0.4 is 10.6 Å². The highest BCUT2D eigenvalue weighted by atomic mass is 16.1. The highest BCUT2D eigenvalue weighted by Gasteiger charge is 2.07. The van der Waals surface area contributed by atoms with E-state index in [1.54, 1.807) is 13.2 Å². The summed E-state index contributed by atoms with van der Waals surface area (Å²) in [6.45, 7) is 4.05. The topological polar surface area (TPSA) is 54.0 Å². The van der Waals surface area contributed by atoms with E-state index >= 15 is 0 Å². The molecule has 0 spiro atoms. The second kappa shape index (κ2) is 6.19. The van der Waals surface area contributed by atoms with Gasteiger partial charge in [-0.1, -0.05) is 23.8 Å². The number of carbonyl (C=O) groups is 1. The molecule has 0 saturated carbocycles. The zero-order valence-corrected chi connectivity index (χ0v) is 12.0. The van der Waals surface area contributed by atoms with Crippen molar-refractivity contribution in [3.05, 3.63) is 53.2 Å². The van der Waals surface area contributed by atoms with Crippen LogP contribution in [0, 0.1) is 13.8 Å². The molecule has 0 aliphatic rings. The molecule has 0 unspecified atom stereocenters. The van der Waals surface area contributed by atoms with E-state index in [1.165, 1.54) is 5.56 Å². The van der Waals surface area contributed by atoms with Crippen molar-refractivity contribution in [1.82, 2.24) is 4.98 Å². The van der Waals surface area contributed by atoms with E-state index < -0.39 is 0 Å². The molecule has 1 heterocycles. The zero-order chi connectivity index (χ0) is 14.5. The quantitative estimate of drug-likeness (QED) is 0.897. The number of rotatable bonds is 4. The number of hydrogen-bond acceptors (Lipinski definition) is 3. The van der Waals surface area contributed by atoms with Crippen molar-refractivity contribution in [2.24, 2.45) is 0 Å². The molecule has 2 aromatic rings. The molecule has 2 N–H and O–H groups in total. The maximum Gasteiger partial charge on any atom is 0.228 e. The summed E-state index contributed by atoms with van der Waals surface area (Å²) in [5.41, 5.74) is 4.06. The number of aromatic nitrogens is 1. The number of carbonyl (C=O) groups excluding carboxylic acids is 1. The third-order valence-electron chi connectivity index (χ3n) is 3.16. The summed E-state index contributed by atoms with van der Waals surface area (Å²) in [6, 6.07) is 9.81. The zero-order valence-electron chi connectivity index (χ0n) is 12.0. The number of nitrogens with zero attached hydrogens (tertiary/aromatic N) is 1. The van der Waals surface area contributed by atoms with Crippen LogP contribution in [0.4, 0.5) is 11.5 Å². The van der Waals surface area contributed by atoms with Crippen LogP contribution in [0.2, 0.25) is 0 Å². The van der Waals surface area contributed by atoms with Gasteiger partial charge in [-0.25, -0.2) is 4.98 Å². The fraction of sp³-hybridized carbons (Fsp3) is 0.250. The Kier molecular flexibility index (Phi) is 4.35. The third kappa shape index (κ3) is 3.57. The molecule has 0 saturated heterocycles. The summed E-state index contributed by atoms with van der Waals surface area (Å²) in [4.78, 5) is 16.2. The average molecular weight is 269 g/mol. The highest BCUT2D eigenvalue weighted by molar-refractivity contribution is 5.92. The molecule has 104 valence electrons. The molecule has 0 atom stereocenters. The molecule has 1 amide bonds. The van der Waals surface area contributed by atoms with Crippen molar-refractivity contribution in [2.75, 3.05) is 17.7 Å². The lowest BCUT2D eigenvalue weighted by molar-refractivity contribution is -0.115. The maximum atomic E-state index is 12.0. The van der Waals surface area contributed by atoms with E-state index in [-0.39, 0.29) is 5.91 Å². The first-order valence-corrected chi connectivity index (χ1v) is 6.58. The lowest BCUT2D eigenvalue weighted by Gasteiger charge is -2.08. The van der Waals surface area contributed by atoms with Crippen LogP contribution in [0.15, 0.2) is 36.5 Å². The van der Waals surface area contributed by atoms with Crippen molar-refractivity contribution in [3.63, 3.8) is 0 Å². The van der Waals surface area contributed by atoms with Gasteiger partial charge in [-0.05, 0) is 37.1 Å². The lowest BCUT2D eigenvalue weighted by Crippen LogP contribution is -2.15. The number of nitrogens with one attached hydrogen (secondary N) is 2. The molecule has 4 heteroatoms. The third-order valence-corrected chi connectivity index (χ3v) is 3.16.